The minimum absolute atomic E-state index is 0.501. The Labute approximate surface area is 92.5 Å². The standard InChI is InChI=1S/C11H18ClNSi/c1-10(2)14(12,13(3)4)11-8-6-5-7-9-11/h5-10H,1-4H3. The van der Waals surface area contributed by atoms with E-state index in [0.717, 1.165) is 0 Å². The second-order valence-corrected chi connectivity index (χ2v) is 9.79. The number of hydrogen-bond donors (Lipinski definition) is 0. The van der Waals surface area contributed by atoms with Crippen molar-refractivity contribution < 1.29 is 0 Å². The summed E-state index contributed by atoms with van der Waals surface area (Å²) in [5.41, 5.74) is 0.501. The van der Waals surface area contributed by atoms with Gasteiger partial charge < -0.3 is 4.57 Å². The van der Waals surface area contributed by atoms with Crippen molar-refractivity contribution in [2.75, 3.05) is 14.1 Å². The average molecular weight is 228 g/mol. The van der Waals surface area contributed by atoms with Gasteiger partial charge in [0.1, 0.15) is 0 Å². The molecular formula is C11H18ClNSi. The third-order valence-corrected chi connectivity index (χ3v) is 9.55. The van der Waals surface area contributed by atoms with Gasteiger partial charge in [0.15, 0.2) is 0 Å². The Morgan fingerprint density at radius 3 is 2.00 bits per heavy atom. The van der Waals surface area contributed by atoms with Crippen LogP contribution in [0.2, 0.25) is 5.54 Å². The van der Waals surface area contributed by atoms with Crippen LogP contribution in [0.5, 0.6) is 0 Å². The minimum Gasteiger partial charge on any atom is -0.314 e. The number of nitrogens with zero attached hydrogens (tertiary/aromatic N) is 1. The van der Waals surface area contributed by atoms with E-state index in [9.17, 15) is 0 Å². The molecule has 1 atom stereocenters. The van der Waals surface area contributed by atoms with Crippen molar-refractivity contribution in [3.05, 3.63) is 30.3 Å². The maximum Gasteiger partial charge on any atom is 0.262 e. The summed E-state index contributed by atoms with van der Waals surface area (Å²) in [6.45, 7) is 4.40. The summed E-state index contributed by atoms with van der Waals surface area (Å²) >= 11 is 6.80. The first-order chi connectivity index (χ1) is 6.49. The molecule has 0 spiro atoms. The highest BCUT2D eigenvalue weighted by Crippen LogP contribution is 2.26. The molecule has 0 aliphatic heterocycles. The normalized spacial score (nSPS) is 15.9. The lowest BCUT2D eigenvalue weighted by molar-refractivity contribution is 0.623. The van der Waals surface area contributed by atoms with Crippen molar-refractivity contribution in [2.45, 2.75) is 19.4 Å². The van der Waals surface area contributed by atoms with Crippen LogP contribution in [-0.4, -0.2) is 26.2 Å². The lowest BCUT2D eigenvalue weighted by atomic mass is 10.4. The molecule has 3 heteroatoms. The summed E-state index contributed by atoms with van der Waals surface area (Å²) in [4.78, 5) is 0. The van der Waals surface area contributed by atoms with E-state index in [1.165, 1.54) is 5.19 Å². The van der Waals surface area contributed by atoms with Crippen LogP contribution in [0.4, 0.5) is 0 Å². The van der Waals surface area contributed by atoms with Gasteiger partial charge in [-0.05, 0) is 24.8 Å². The number of benzene rings is 1. The Hall–Kier alpha value is -0.313. The minimum atomic E-state index is -1.97. The topological polar surface area (TPSA) is 3.24 Å². The van der Waals surface area contributed by atoms with Crippen LogP contribution in [0.25, 0.3) is 0 Å². The van der Waals surface area contributed by atoms with Gasteiger partial charge in [-0.3, -0.25) is 0 Å². The largest absolute Gasteiger partial charge is 0.314 e. The molecule has 0 amide bonds. The Bertz CT molecular complexity index is 277. The third-order valence-electron chi connectivity index (χ3n) is 2.59. The summed E-state index contributed by atoms with van der Waals surface area (Å²) < 4.78 is 2.20. The summed E-state index contributed by atoms with van der Waals surface area (Å²) in [6.07, 6.45) is 0. The zero-order chi connectivity index (χ0) is 10.8. The Morgan fingerprint density at radius 1 is 1.14 bits per heavy atom. The molecule has 0 N–H and O–H groups in total. The van der Waals surface area contributed by atoms with Gasteiger partial charge in [0.25, 0.3) is 7.55 Å². The zero-order valence-electron chi connectivity index (χ0n) is 9.29. The molecule has 0 heterocycles. The van der Waals surface area contributed by atoms with E-state index in [4.69, 9.17) is 11.1 Å². The van der Waals surface area contributed by atoms with Gasteiger partial charge in [-0.25, -0.2) is 0 Å². The fourth-order valence-electron chi connectivity index (χ4n) is 1.78. The molecule has 0 saturated heterocycles. The summed E-state index contributed by atoms with van der Waals surface area (Å²) in [7, 11) is 2.18. The maximum atomic E-state index is 6.80. The molecule has 78 valence electrons. The fraction of sp³-hybridized carbons (Fsp3) is 0.455. The van der Waals surface area contributed by atoms with Crippen molar-refractivity contribution >= 4 is 23.8 Å². The molecule has 0 aliphatic carbocycles. The molecule has 1 unspecified atom stereocenters. The van der Waals surface area contributed by atoms with Crippen molar-refractivity contribution in [1.82, 2.24) is 4.57 Å². The lowest BCUT2D eigenvalue weighted by Crippen LogP contribution is -2.57. The second kappa shape index (κ2) is 4.47. The molecule has 1 rings (SSSR count). The number of hydrogen-bond acceptors (Lipinski definition) is 1. The maximum absolute atomic E-state index is 6.80. The molecule has 0 aliphatic rings. The van der Waals surface area contributed by atoms with E-state index < -0.39 is 7.55 Å². The van der Waals surface area contributed by atoms with E-state index >= 15 is 0 Å². The van der Waals surface area contributed by atoms with Crippen LogP contribution in [0.15, 0.2) is 30.3 Å². The van der Waals surface area contributed by atoms with E-state index in [0.29, 0.717) is 5.54 Å². The van der Waals surface area contributed by atoms with E-state index in [1.54, 1.807) is 0 Å². The molecule has 0 bridgehead atoms. The van der Waals surface area contributed by atoms with E-state index in [1.807, 2.05) is 6.07 Å². The quantitative estimate of drug-likeness (QED) is 0.567. The highest BCUT2D eigenvalue weighted by Gasteiger charge is 2.39. The predicted octanol–water partition coefficient (Wildman–Crippen LogP) is 2.55. The smallest absolute Gasteiger partial charge is 0.262 e. The van der Waals surface area contributed by atoms with Crippen molar-refractivity contribution in [3.8, 4) is 0 Å². The summed E-state index contributed by atoms with van der Waals surface area (Å²) in [5, 5.41) is 1.29. The van der Waals surface area contributed by atoms with Crippen molar-refractivity contribution in [3.63, 3.8) is 0 Å². The Morgan fingerprint density at radius 2 is 1.64 bits per heavy atom. The van der Waals surface area contributed by atoms with Crippen LogP contribution < -0.4 is 5.19 Å². The van der Waals surface area contributed by atoms with Crippen LogP contribution in [0.1, 0.15) is 13.8 Å². The fourth-order valence-corrected chi connectivity index (χ4v) is 5.03. The molecule has 0 radical (unpaired) electrons. The van der Waals surface area contributed by atoms with Gasteiger partial charge in [0, 0.05) is 0 Å². The van der Waals surface area contributed by atoms with Gasteiger partial charge >= 0.3 is 0 Å². The van der Waals surface area contributed by atoms with Gasteiger partial charge in [0.2, 0.25) is 0 Å². The van der Waals surface area contributed by atoms with Gasteiger partial charge in [-0.15, -0.1) is 11.1 Å². The number of halogens is 1. The number of rotatable bonds is 3. The summed E-state index contributed by atoms with van der Waals surface area (Å²) in [6, 6.07) is 10.4. The van der Waals surface area contributed by atoms with Crippen LogP contribution in [0, 0.1) is 0 Å². The van der Waals surface area contributed by atoms with Crippen LogP contribution in [-0.2, 0) is 0 Å². The summed E-state index contributed by atoms with van der Waals surface area (Å²) in [5.74, 6) is 0. The first-order valence-electron chi connectivity index (χ1n) is 4.91. The van der Waals surface area contributed by atoms with Gasteiger partial charge in [-0.1, -0.05) is 44.2 Å². The van der Waals surface area contributed by atoms with Crippen molar-refractivity contribution in [1.29, 1.82) is 0 Å². The van der Waals surface area contributed by atoms with Crippen molar-refractivity contribution in [2.24, 2.45) is 0 Å². The molecule has 0 aromatic heterocycles. The SMILES string of the molecule is CC(C)[Si](Cl)(c1ccccc1)N(C)C. The van der Waals surface area contributed by atoms with E-state index in [-0.39, 0.29) is 0 Å². The molecule has 0 fully saturated rings. The zero-order valence-corrected chi connectivity index (χ0v) is 11.0. The molecule has 14 heavy (non-hydrogen) atoms. The Balaban J connectivity index is 3.13. The first-order valence-corrected chi connectivity index (χ1v) is 7.95. The predicted molar refractivity (Wildman–Crippen MR) is 66.5 cm³/mol. The van der Waals surface area contributed by atoms with Crippen LogP contribution >= 0.6 is 11.1 Å². The molecule has 1 nitrogen and oxygen atoms in total. The molecule has 1 aromatic rings. The Kier molecular flexibility index (Phi) is 3.76. The second-order valence-electron chi connectivity index (χ2n) is 4.09. The van der Waals surface area contributed by atoms with E-state index in [2.05, 4.69) is 56.8 Å². The monoisotopic (exact) mass is 227 g/mol. The molecular weight excluding hydrogens is 210 g/mol. The van der Waals surface area contributed by atoms with Gasteiger partial charge in [-0.2, -0.15) is 0 Å². The van der Waals surface area contributed by atoms with Gasteiger partial charge in [0.05, 0.1) is 0 Å². The first kappa shape index (κ1) is 11.8. The third kappa shape index (κ3) is 2.02. The lowest BCUT2D eigenvalue weighted by Gasteiger charge is -2.35. The average Bonchev–Trinajstić information content (AvgIpc) is 2.17. The van der Waals surface area contributed by atoms with Crippen LogP contribution in [0.3, 0.4) is 0 Å². The molecule has 0 saturated carbocycles. The molecule has 1 aromatic carbocycles. The highest BCUT2D eigenvalue weighted by atomic mass is 35.6. The highest BCUT2D eigenvalue weighted by molar-refractivity contribution is 7.26.